The fourth-order valence-corrected chi connectivity index (χ4v) is 3.98. The molecule has 0 amide bonds. The molecule has 2 aliphatic heterocycles. The average molecular weight is 308 g/mol. The van der Waals surface area contributed by atoms with Crippen molar-refractivity contribution in [1.29, 1.82) is 0 Å². The van der Waals surface area contributed by atoms with E-state index in [4.69, 9.17) is 9.84 Å². The second kappa shape index (κ2) is 9.49. The Morgan fingerprint density at radius 2 is 1.82 bits per heavy atom. The third kappa shape index (κ3) is 4.94. The predicted molar refractivity (Wildman–Crippen MR) is 89.6 cm³/mol. The Morgan fingerprint density at radius 3 is 2.59 bits per heavy atom. The lowest BCUT2D eigenvalue weighted by Crippen LogP contribution is -2.26. The van der Waals surface area contributed by atoms with Gasteiger partial charge in [0.05, 0.1) is 18.3 Å². The van der Waals surface area contributed by atoms with E-state index in [9.17, 15) is 5.11 Å². The second-order valence-electron chi connectivity index (χ2n) is 6.79. The number of rotatable bonds is 11. The van der Waals surface area contributed by atoms with Crippen molar-refractivity contribution >= 4 is 0 Å². The SMILES string of the molecule is C=CCC(O)C=C[C@H]1[C@@H](CCCCCCCO)[C@H]2CC[C@@H]1O2. The van der Waals surface area contributed by atoms with Crippen molar-refractivity contribution in [2.75, 3.05) is 6.61 Å². The molecule has 1 unspecified atom stereocenters. The highest BCUT2D eigenvalue weighted by molar-refractivity contribution is 5.07. The van der Waals surface area contributed by atoms with E-state index in [0.717, 1.165) is 12.8 Å². The van der Waals surface area contributed by atoms with Crippen molar-refractivity contribution in [2.24, 2.45) is 11.8 Å². The van der Waals surface area contributed by atoms with E-state index >= 15 is 0 Å². The van der Waals surface area contributed by atoms with Crippen molar-refractivity contribution in [2.45, 2.75) is 76.1 Å². The van der Waals surface area contributed by atoms with Crippen LogP contribution in [-0.4, -0.2) is 35.1 Å². The molecule has 3 nitrogen and oxygen atoms in total. The highest BCUT2D eigenvalue weighted by Gasteiger charge is 2.46. The fraction of sp³-hybridized carbons (Fsp3) is 0.789. The van der Waals surface area contributed by atoms with Gasteiger partial charge in [0.1, 0.15) is 0 Å². The van der Waals surface area contributed by atoms with E-state index in [-0.39, 0.29) is 0 Å². The molecular weight excluding hydrogens is 276 g/mol. The Bertz CT molecular complexity index is 353. The van der Waals surface area contributed by atoms with E-state index in [1.54, 1.807) is 6.08 Å². The van der Waals surface area contributed by atoms with Crippen LogP contribution in [0.2, 0.25) is 0 Å². The van der Waals surface area contributed by atoms with E-state index in [2.05, 4.69) is 12.7 Å². The first-order chi connectivity index (χ1) is 10.8. The summed E-state index contributed by atoms with van der Waals surface area (Å²) in [4.78, 5) is 0. The summed E-state index contributed by atoms with van der Waals surface area (Å²) >= 11 is 0. The van der Waals surface area contributed by atoms with Crippen molar-refractivity contribution < 1.29 is 14.9 Å². The van der Waals surface area contributed by atoms with Gasteiger partial charge in [0.15, 0.2) is 0 Å². The molecule has 2 rings (SSSR count). The first-order valence-corrected chi connectivity index (χ1v) is 9.00. The molecule has 3 heteroatoms. The summed E-state index contributed by atoms with van der Waals surface area (Å²) < 4.78 is 6.10. The lowest BCUT2D eigenvalue weighted by Gasteiger charge is -2.26. The van der Waals surface area contributed by atoms with Gasteiger partial charge in [0.25, 0.3) is 0 Å². The largest absolute Gasteiger partial charge is 0.396 e. The summed E-state index contributed by atoms with van der Waals surface area (Å²) in [5.74, 6) is 1.11. The highest BCUT2D eigenvalue weighted by atomic mass is 16.5. The number of aliphatic hydroxyl groups is 2. The molecule has 2 heterocycles. The van der Waals surface area contributed by atoms with Crippen LogP contribution in [0, 0.1) is 11.8 Å². The number of fused-ring (bicyclic) bond motifs is 2. The predicted octanol–water partition coefficient (Wildman–Crippen LogP) is 3.61. The Hall–Kier alpha value is -0.640. The van der Waals surface area contributed by atoms with Gasteiger partial charge in [-0.1, -0.05) is 43.9 Å². The second-order valence-corrected chi connectivity index (χ2v) is 6.79. The van der Waals surface area contributed by atoms with Gasteiger partial charge in [-0.3, -0.25) is 0 Å². The van der Waals surface area contributed by atoms with Crippen LogP contribution < -0.4 is 0 Å². The molecule has 0 aromatic rings. The van der Waals surface area contributed by atoms with Gasteiger partial charge in [-0.05, 0) is 38.0 Å². The number of unbranched alkanes of at least 4 members (excludes halogenated alkanes) is 4. The van der Waals surface area contributed by atoms with Gasteiger partial charge < -0.3 is 14.9 Å². The van der Waals surface area contributed by atoms with Crippen LogP contribution in [-0.2, 0) is 4.74 Å². The Labute approximate surface area is 135 Å². The third-order valence-electron chi connectivity index (χ3n) is 5.15. The number of ether oxygens (including phenoxy) is 1. The Kier molecular flexibility index (Phi) is 7.64. The highest BCUT2D eigenvalue weighted by Crippen LogP contribution is 2.46. The van der Waals surface area contributed by atoms with Crippen LogP contribution in [0.25, 0.3) is 0 Å². The molecule has 5 atom stereocenters. The zero-order valence-electron chi connectivity index (χ0n) is 13.7. The van der Waals surface area contributed by atoms with Crippen LogP contribution in [0.3, 0.4) is 0 Å². The van der Waals surface area contributed by atoms with Gasteiger partial charge in [-0.2, -0.15) is 0 Å². The fourth-order valence-electron chi connectivity index (χ4n) is 3.98. The molecule has 2 fully saturated rings. The monoisotopic (exact) mass is 308 g/mol. The van der Waals surface area contributed by atoms with Crippen LogP contribution >= 0.6 is 0 Å². The Morgan fingerprint density at radius 1 is 1.09 bits per heavy atom. The van der Waals surface area contributed by atoms with Gasteiger partial charge in [0, 0.05) is 12.5 Å². The van der Waals surface area contributed by atoms with Crippen molar-refractivity contribution in [3.05, 3.63) is 24.8 Å². The molecule has 2 bridgehead atoms. The minimum atomic E-state index is -0.407. The van der Waals surface area contributed by atoms with E-state index in [0.29, 0.717) is 37.1 Å². The quantitative estimate of drug-likeness (QED) is 0.453. The summed E-state index contributed by atoms with van der Waals surface area (Å²) in [6.45, 7) is 3.99. The van der Waals surface area contributed by atoms with Gasteiger partial charge in [-0.15, -0.1) is 6.58 Å². The van der Waals surface area contributed by atoms with Crippen molar-refractivity contribution in [3.63, 3.8) is 0 Å². The van der Waals surface area contributed by atoms with Crippen molar-refractivity contribution in [3.8, 4) is 0 Å². The van der Waals surface area contributed by atoms with Crippen LogP contribution in [0.1, 0.15) is 57.8 Å². The van der Waals surface area contributed by atoms with Gasteiger partial charge in [-0.25, -0.2) is 0 Å². The van der Waals surface area contributed by atoms with E-state index in [1.165, 1.54) is 38.5 Å². The first-order valence-electron chi connectivity index (χ1n) is 9.00. The minimum absolute atomic E-state index is 0.320. The average Bonchev–Trinajstić information content (AvgIpc) is 3.10. The molecule has 0 radical (unpaired) electrons. The molecule has 126 valence electrons. The van der Waals surface area contributed by atoms with Crippen LogP contribution in [0.5, 0.6) is 0 Å². The molecule has 0 aromatic heterocycles. The van der Waals surface area contributed by atoms with Gasteiger partial charge in [0.2, 0.25) is 0 Å². The summed E-state index contributed by atoms with van der Waals surface area (Å²) in [5.41, 5.74) is 0. The van der Waals surface area contributed by atoms with Crippen molar-refractivity contribution in [1.82, 2.24) is 0 Å². The van der Waals surface area contributed by atoms with Gasteiger partial charge >= 0.3 is 0 Å². The summed E-state index contributed by atoms with van der Waals surface area (Å²) in [6, 6.07) is 0. The number of hydrogen-bond donors (Lipinski definition) is 2. The standard InChI is InChI=1S/C19H32O3/c1-2-8-15(21)10-11-17-16(18-12-13-19(17)22-18)9-6-4-3-5-7-14-20/h2,10-11,15-21H,1,3-9,12-14H2/t15?,16-,17+,18-,19+/m1/s1. The molecule has 0 aromatic carbocycles. The molecule has 2 aliphatic rings. The summed E-state index contributed by atoms with van der Waals surface area (Å²) in [7, 11) is 0. The Balaban J connectivity index is 1.76. The molecule has 0 spiro atoms. The van der Waals surface area contributed by atoms with Crippen LogP contribution in [0.4, 0.5) is 0 Å². The zero-order chi connectivity index (χ0) is 15.8. The maximum atomic E-state index is 9.84. The third-order valence-corrected chi connectivity index (χ3v) is 5.15. The topological polar surface area (TPSA) is 49.7 Å². The van der Waals surface area contributed by atoms with E-state index < -0.39 is 6.10 Å². The molecular formula is C19H32O3. The first kappa shape index (κ1) is 17.7. The maximum absolute atomic E-state index is 9.84. The molecule has 0 aliphatic carbocycles. The van der Waals surface area contributed by atoms with E-state index in [1.807, 2.05) is 6.08 Å². The van der Waals surface area contributed by atoms with Crippen LogP contribution in [0.15, 0.2) is 24.8 Å². The number of aliphatic hydroxyl groups excluding tert-OH is 2. The molecule has 2 saturated heterocycles. The summed E-state index contributed by atoms with van der Waals surface area (Å²) in [5, 5.41) is 18.6. The smallest absolute Gasteiger partial charge is 0.0755 e. The minimum Gasteiger partial charge on any atom is -0.396 e. The molecule has 22 heavy (non-hydrogen) atoms. The molecule has 0 saturated carbocycles. The maximum Gasteiger partial charge on any atom is 0.0755 e. The zero-order valence-corrected chi connectivity index (χ0v) is 13.7. The summed E-state index contributed by atoms with van der Waals surface area (Å²) in [6.07, 6.45) is 16.3. The number of hydrogen-bond acceptors (Lipinski definition) is 3. The normalized spacial score (nSPS) is 31.9. The lowest BCUT2D eigenvalue weighted by atomic mass is 9.76. The lowest BCUT2D eigenvalue weighted by molar-refractivity contribution is 0.0884. The molecule has 2 N–H and O–H groups in total.